The maximum absolute atomic E-state index is 4.06. The smallest absolute Gasteiger partial charge is 0.109 e. The predicted molar refractivity (Wildman–Crippen MR) is 37.1 cm³/mol. The van der Waals surface area contributed by atoms with Gasteiger partial charge in [-0.1, -0.05) is 13.2 Å². The summed E-state index contributed by atoms with van der Waals surface area (Å²) in [7, 11) is 0. The molecule has 0 aliphatic heterocycles. The van der Waals surface area contributed by atoms with Crippen molar-refractivity contribution in [2.24, 2.45) is 0 Å². The van der Waals surface area contributed by atoms with Crippen LogP contribution in [0.1, 0.15) is 5.69 Å². The van der Waals surface area contributed by atoms with Gasteiger partial charge in [0.05, 0.1) is 5.69 Å². The molecule has 0 aliphatic carbocycles. The molecule has 0 spiro atoms. The first-order chi connectivity index (χ1) is 3.70. The Morgan fingerprint density at radius 3 is 2.25 bits per heavy atom. The molecular formula is C6H7NS. The summed E-state index contributed by atoms with van der Waals surface area (Å²) >= 11 is 1.54. The number of hydrogen-bond donors (Lipinski definition) is 0. The first-order valence-electron chi connectivity index (χ1n) is 2.31. The second-order valence-electron chi connectivity index (χ2n) is 1.62. The second kappa shape index (κ2) is 1.71. The van der Waals surface area contributed by atoms with Crippen LogP contribution < -0.4 is 9.20 Å². The fraction of sp³-hybridized carbons (Fsp3) is 0.167. The maximum Gasteiger partial charge on any atom is 0.109 e. The molecule has 42 valence electrons. The quantitative estimate of drug-likeness (QED) is 0.485. The van der Waals surface area contributed by atoms with Crippen molar-refractivity contribution in [2.75, 3.05) is 0 Å². The third kappa shape index (κ3) is 0.793. The SMILES string of the molecule is C=c1nc(C)c(=C)s1. The number of hydrogen-bond acceptors (Lipinski definition) is 2. The molecule has 0 unspecified atom stereocenters. The highest BCUT2D eigenvalue weighted by Gasteiger charge is 1.86. The number of aromatic nitrogens is 1. The molecular weight excluding hydrogens is 118 g/mol. The Morgan fingerprint density at radius 2 is 2.12 bits per heavy atom. The van der Waals surface area contributed by atoms with Crippen LogP contribution in [0.4, 0.5) is 0 Å². The van der Waals surface area contributed by atoms with Gasteiger partial charge < -0.3 is 0 Å². The fourth-order valence-electron chi connectivity index (χ4n) is 0.488. The molecule has 0 bridgehead atoms. The summed E-state index contributed by atoms with van der Waals surface area (Å²) in [5.41, 5.74) is 1.00. The van der Waals surface area contributed by atoms with Crippen LogP contribution in [0.2, 0.25) is 0 Å². The van der Waals surface area contributed by atoms with Gasteiger partial charge in [0, 0.05) is 4.53 Å². The van der Waals surface area contributed by atoms with Crippen LogP contribution in [-0.4, -0.2) is 4.98 Å². The van der Waals surface area contributed by atoms with Crippen LogP contribution in [0.5, 0.6) is 0 Å². The molecule has 0 aliphatic rings. The van der Waals surface area contributed by atoms with Gasteiger partial charge in [-0.2, -0.15) is 0 Å². The minimum Gasteiger partial charge on any atom is -0.242 e. The Labute approximate surface area is 52.0 Å². The van der Waals surface area contributed by atoms with Crippen molar-refractivity contribution in [3.05, 3.63) is 14.9 Å². The lowest BCUT2D eigenvalue weighted by Crippen LogP contribution is -1.92. The van der Waals surface area contributed by atoms with Gasteiger partial charge in [0.15, 0.2) is 0 Å². The number of rotatable bonds is 0. The molecule has 8 heavy (non-hydrogen) atoms. The van der Waals surface area contributed by atoms with Crippen LogP contribution in [0, 0.1) is 6.92 Å². The Bertz CT molecular complexity index is 273. The Hall–Kier alpha value is -0.630. The minimum absolute atomic E-state index is 0.854. The van der Waals surface area contributed by atoms with Gasteiger partial charge in [-0.05, 0) is 6.92 Å². The molecule has 0 saturated heterocycles. The zero-order valence-electron chi connectivity index (χ0n) is 4.77. The van der Waals surface area contributed by atoms with Gasteiger partial charge in [-0.15, -0.1) is 11.3 Å². The zero-order chi connectivity index (χ0) is 6.15. The van der Waals surface area contributed by atoms with Crippen molar-refractivity contribution in [1.29, 1.82) is 0 Å². The van der Waals surface area contributed by atoms with E-state index in [1.54, 1.807) is 0 Å². The van der Waals surface area contributed by atoms with Crippen molar-refractivity contribution in [3.8, 4) is 0 Å². The monoisotopic (exact) mass is 125 g/mol. The normalized spacial score (nSPS) is 9.62. The summed E-state index contributed by atoms with van der Waals surface area (Å²) in [5, 5.41) is 0. The van der Waals surface area contributed by atoms with Crippen molar-refractivity contribution in [1.82, 2.24) is 4.98 Å². The second-order valence-corrected chi connectivity index (χ2v) is 2.78. The molecule has 1 nitrogen and oxygen atoms in total. The zero-order valence-corrected chi connectivity index (χ0v) is 5.59. The van der Waals surface area contributed by atoms with E-state index in [0.29, 0.717) is 0 Å². The lowest BCUT2D eigenvalue weighted by Gasteiger charge is -1.69. The standard InChI is InChI=1S/C6H7NS/c1-4-5(2)8-6(3)7-4/h2-3H2,1H3. The molecule has 2 heteroatoms. The van der Waals surface area contributed by atoms with Crippen molar-refractivity contribution in [2.45, 2.75) is 6.92 Å². The first-order valence-corrected chi connectivity index (χ1v) is 3.13. The summed E-state index contributed by atoms with van der Waals surface area (Å²) in [5.74, 6) is 0. The van der Waals surface area contributed by atoms with Crippen LogP contribution >= 0.6 is 11.3 Å². The lowest BCUT2D eigenvalue weighted by atomic mass is 10.5. The largest absolute Gasteiger partial charge is 0.242 e. The molecule has 0 amide bonds. The molecule has 0 atom stereocenters. The number of thiazole rings is 1. The van der Waals surface area contributed by atoms with Gasteiger partial charge in [-0.25, -0.2) is 4.98 Å². The fourth-order valence-corrected chi connectivity index (χ4v) is 1.15. The summed E-state index contributed by atoms with van der Waals surface area (Å²) < 4.78 is 1.88. The van der Waals surface area contributed by atoms with Gasteiger partial charge in [0.25, 0.3) is 0 Å². The lowest BCUT2D eigenvalue weighted by molar-refractivity contribution is 1.22. The van der Waals surface area contributed by atoms with Crippen LogP contribution in [0.3, 0.4) is 0 Å². The highest BCUT2D eigenvalue weighted by atomic mass is 32.1. The van der Waals surface area contributed by atoms with Gasteiger partial charge in [-0.3, -0.25) is 0 Å². The van der Waals surface area contributed by atoms with E-state index in [0.717, 1.165) is 14.9 Å². The predicted octanol–water partition coefficient (Wildman–Crippen LogP) is 0.272. The summed E-state index contributed by atoms with van der Waals surface area (Å²) in [6.07, 6.45) is 0. The van der Waals surface area contributed by atoms with E-state index in [1.165, 1.54) is 11.3 Å². The number of aryl methyl sites for hydroxylation is 1. The molecule has 1 aromatic rings. The molecule has 1 rings (SSSR count). The highest BCUT2D eigenvalue weighted by molar-refractivity contribution is 7.07. The topological polar surface area (TPSA) is 12.9 Å². The summed E-state index contributed by atoms with van der Waals surface area (Å²) in [6.45, 7) is 9.36. The van der Waals surface area contributed by atoms with Crippen molar-refractivity contribution >= 4 is 24.5 Å². The molecule has 0 fully saturated rings. The summed E-state index contributed by atoms with van der Waals surface area (Å²) in [4.78, 5) is 4.06. The van der Waals surface area contributed by atoms with E-state index in [2.05, 4.69) is 18.1 Å². The van der Waals surface area contributed by atoms with E-state index in [4.69, 9.17) is 0 Å². The summed E-state index contributed by atoms with van der Waals surface area (Å²) in [6, 6.07) is 0. The first kappa shape index (κ1) is 5.51. The minimum atomic E-state index is 0.854. The van der Waals surface area contributed by atoms with Crippen LogP contribution in [0.15, 0.2) is 0 Å². The Balaban J connectivity index is 3.59. The van der Waals surface area contributed by atoms with Gasteiger partial charge >= 0.3 is 0 Å². The maximum atomic E-state index is 4.06. The molecule has 1 aromatic heterocycles. The Kier molecular flexibility index (Phi) is 1.18. The highest BCUT2D eigenvalue weighted by Crippen LogP contribution is 1.77. The van der Waals surface area contributed by atoms with Crippen molar-refractivity contribution in [3.63, 3.8) is 0 Å². The molecule has 0 radical (unpaired) electrons. The molecule has 0 N–H and O–H groups in total. The van der Waals surface area contributed by atoms with E-state index in [9.17, 15) is 0 Å². The van der Waals surface area contributed by atoms with E-state index < -0.39 is 0 Å². The molecule has 0 aromatic carbocycles. The van der Waals surface area contributed by atoms with Crippen LogP contribution in [-0.2, 0) is 0 Å². The average Bonchev–Trinajstić information content (AvgIpc) is 1.85. The van der Waals surface area contributed by atoms with E-state index in [1.807, 2.05) is 6.92 Å². The van der Waals surface area contributed by atoms with Crippen molar-refractivity contribution < 1.29 is 0 Å². The molecule has 0 saturated carbocycles. The number of nitrogens with zero attached hydrogens (tertiary/aromatic N) is 1. The molecule has 1 heterocycles. The Morgan fingerprint density at radius 1 is 1.50 bits per heavy atom. The van der Waals surface area contributed by atoms with Crippen LogP contribution in [0.25, 0.3) is 13.2 Å². The van der Waals surface area contributed by atoms with E-state index >= 15 is 0 Å². The van der Waals surface area contributed by atoms with Gasteiger partial charge in [0.2, 0.25) is 0 Å². The van der Waals surface area contributed by atoms with E-state index in [-0.39, 0.29) is 0 Å². The third-order valence-electron chi connectivity index (χ3n) is 0.937. The average molecular weight is 125 g/mol. The van der Waals surface area contributed by atoms with Gasteiger partial charge in [0.1, 0.15) is 4.66 Å². The third-order valence-corrected chi connectivity index (χ3v) is 1.81.